The molecule has 0 bridgehead atoms. The lowest BCUT2D eigenvalue weighted by atomic mass is 10.1. The van der Waals surface area contributed by atoms with Gasteiger partial charge in [0.05, 0.1) is 30.3 Å². The zero-order valence-electron chi connectivity index (χ0n) is 19.2. The maximum Gasteiger partial charge on any atom is 0.344 e. The van der Waals surface area contributed by atoms with E-state index in [-0.39, 0.29) is 18.8 Å². The number of ether oxygens (including phenoxy) is 4. The normalized spacial score (nSPS) is 14.1. The average molecular weight is 480 g/mol. The Balaban J connectivity index is 1.89. The first-order chi connectivity index (χ1) is 16.5. The second kappa shape index (κ2) is 11.9. The van der Waals surface area contributed by atoms with E-state index in [1.807, 2.05) is 31.2 Å². The van der Waals surface area contributed by atoms with Crippen molar-refractivity contribution in [2.75, 3.05) is 32.2 Å². The number of terminal acetylenes is 1. The van der Waals surface area contributed by atoms with Crippen molar-refractivity contribution in [1.82, 2.24) is 0 Å². The number of thioether (sulfide) groups is 1. The quantitative estimate of drug-likeness (QED) is 0.228. The molecular formula is C26H25NO6S. The maximum atomic E-state index is 13.1. The minimum atomic E-state index is -0.674. The average Bonchev–Trinajstić information content (AvgIpc) is 3.14. The number of nitrogens with one attached hydrogen (secondary N) is 1. The molecule has 0 spiro atoms. The van der Waals surface area contributed by atoms with Crippen molar-refractivity contribution in [3.63, 3.8) is 0 Å². The number of Topliss-reactive ketones (excluding diaryl/α,β-unsaturated/α-hetero) is 1. The third-order valence-corrected chi connectivity index (χ3v) is 5.62. The van der Waals surface area contributed by atoms with Gasteiger partial charge >= 0.3 is 5.97 Å². The molecular weight excluding hydrogens is 454 g/mol. The van der Waals surface area contributed by atoms with Crippen molar-refractivity contribution in [2.45, 2.75) is 13.8 Å². The highest BCUT2D eigenvalue weighted by Crippen LogP contribution is 2.41. The molecule has 7 nitrogen and oxygen atoms in total. The minimum Gasteiger partial charge on any atom is -0.494 e. The monoisotopic (exact) mass is 479 g/mol. The van der Waals surface area contributed by atoms with Crippen LogP contribution in [0.5, 0.6) is 17.2 Å². The van der Waals surface area contributed by atoms with Crippen molar-refractivity contribution < 1.29 is 28.5 Å². The van der Waals surface area contributed by atoms with E-state index in [4.69, 9.17) is 25.4 Å². The Labute approximate surface area is 203 Å². The molecule has 2 aromatic carbocycles. The summed E-state index contributed by atoms with van der Waals surface area (Å²) in [6.45, 7) is 4.43. The topological polar surface area (TPSA) is 83.1 Å². The van der Waals surface area contributed by atoms with Gasteiger partial charge in [0.1, 0.15) is 17.9 Å². The molecule has 0 radical (unpaired) electrons. The van der Waals surface area contributed by atoms with Gasteiger partial charge in [-0.3, -0.25) is 4.79 Å². The van der Waals surface area contributed by atoms with Crippen LogP contribution in [-0.2, 0) is 14.3 Å². The van der Waals surface area contributed by atoms with Gasteiger partial charge in [0, 0.05) is 5.69 Å². The molecule has 1 aliphatic heterocycles. The highest BCUT2D eigenvalue weighted by molar-refractivity contribution is 8.08. The van der Waals surface area contributed by atoms with Gasteiger partial charge in [-0.2, -0.15) is 0 Å². The number of allylic oxidation sites excluding steroid dienone is 1. The van der Waals surface area contributed by atoms with E-state index >= 15 is 0 Å². The van der Waals surface area contributed by atoms with Gasteiger partial charge in [-0.1, -0.05) is 23.7 Å². The summed E-state index contributed by atoms with van der Waals surface area (Å²) in [7, 11) is 1.52. The van der Waals surface area contributed by atoms with Crippen LogP contribution in [0.3, 0.4) is 0 Å². The molecule has 34 heavy (non-hydrogen) atoms. The second-order valence-electron chi connectivity index (χ2n) is 6.85. The fourth-order valence-electron chi connectivity index (χ4n) is 3.10. The summed E-state index contributed by atoms with van der Waals surface area (Å²) < 4.78 is 21.4. The van der Waals surface area contributed by atoms with Crippen LogP contribution < -0.4 is 19.5 Å². The molecule has 1 N–H and O–H groups in total. The number of esters is 1. The number of ketones is 1. The number of benzene rings is 2. The van der Waals surface area contributed by atoms with E-state index in [2.05, 4.69) is 11.2 Å². The highest BCUT2D eigenvalue weighted by Gasteiger charge is 2.35. The zero-order chi connectivity index (χ0) is 24.5. The SMILES string of the molecule is C#CCOc1ccc(C=C2SC(Nc3ccc(OCC)cc3)=C(C(=O)OCC)C2=O)cc1OC. The fourth-order valence-corrected chi connectivity index (χ4v) is 4.16. The molecule has 0 saturated carbocycles. The molecule has 2 aromatic rings. The molecule has 0 aliphatic carbocycles. The molecule has 0 amide bonds. The van der Waals surface area contributed by atoms with Gasteiger partial charge < -0.3 is 24.3 Å². The van der Waals surface area contributed by atoms with Crippen molar-refractivity contribution in [3.05, 3.63) is 63.5 Å². The van der Waals surface area contributed by atoms with Crippen molar-refractivity contribution in [3.8, 4) is 29.6 Å². The van der Waals surface area contributed by atoms with E-state index in [0.29, 0.717) is 39.3 Å². The first kappa shape index (κ1) is 24.8. The number of rotatable bonds is 10. The predicted octanol–water partition coefficient (Wildman–Crippen LogP) is 4.65. The third kappa shape index (κ3) is 5.94. The molecule has 0 unspecified atom stereocenters. The summed E-state index contributed by atoms with van der Waals surface area (Å²) in [5, 5.41) is 3.56. The minimum absolute atomic E-state index is 0.0343. The maximum absolute atomic E-state index is 13.1. The second-order valence-corrected chi connectivity index (χ2v) is 7.90. The summed E-state index contributed by atoms with van der Waals surface area (Å²) in [6, 6.07) is 12.5. The summed E-state index contributed by atoms with van der Waals surface area (Å²) in [6.07, 6.45) is 6.94. The van der Waals surface area contributed by atoms with Crippen LogP contribution in [0.2, 0.25) is 0 Å². The first-order valence-corrected chi connectivity index (χ1v) is 11.4. The van der Waals surface area contributed by atoms with Crippen molar-refractivity contribution in [2.24, 2.45) is 0 Å². The summed E-state index contributed by atoms with van der Waals surface area (Å²) in [5.41, 5.74) is 1.37. The van der Waals surface area contributed by atoms with Crippen LogP contribution in [0.15, 0.2) is 58.0 Å². The van der Waals surface area contributed by atoms with Gasteiger partial charge in [0.25, 0.3) is 0 Å². The molecule has 0 aromatic heterocycles. The molecule has 0 atom stereocenters. The van der Waals surface area contributed by atoms with E-state index in [9.17, 15) is 9.59 Å². The van der Waals surface area contributed by atoms with Crippen molar-refractivity contribution in [1.29, 1.82) is 0 Å². The van der Waals surface area contributed by atoms with Gasteiger partial charge in [-0.05, 0) is 61.9 Å². The van der Waals surface area contributed by atoms with Crippen molar-refractivity contribution >= 4 is 35.3 Å². The molecule has 3 rings (SSSR count). The van der Waals surface area contributed by atoms with Crippen LogP contribution in [0.1, 0.15) is 19.4 Å². The number of methoxy groups -OCH3 is 1. The van der Waals surface area contributed by atoms with Crippen LogP contribution >= 0.6 is 11.8 Å². The fraction of sp³-hybridized carbons (Fsp3) is 0.231. The Hall–Kier alpha value is -3.83. The van der Waals surface area contributed by atoms with Gasteiger partial charge in [-0.15, -0.1) is 6.42 Å². The van der Waals surface area contributed by atoms with E-state index < -0.39 is 11.8 Å². The van der Waals surface area contributed by atoms with Crippen LogP contribution in [0, 0.1) is 12.3 Å². The standard InChI is InChI=1S/C26H25NO6S/c1-5-14-33-20-13-8-17(15-21(20)30-4)16-22-24(28)23(26(29)32-7-3)25(34-22)27-18-9-11-19(12-10-18)31-6-2/h1,8-13,15-16,27H,6-7,14H2,2-4H3. The smallest absolute Gasteiger partial charge is 0.344 e. The largest absolute Gasteiger partial charge is 0.494 e. The molecule has 1 heterocycles. The summed E-state index contributed by atoms with van der Waals surface area (Å²) >= 11 is 1.17. The highest BCUT2D eigenvalue weighted by atomic mass is 32.2. The number of carbonyl (C=O) groups excluding carboxylic acids is 2. The lowest BCUT2D eigenvalue weighted by Gasteiger charge is -2.10. The number of hydrogen-bond donors (Lipinski definition) is 1. The van der Waals surface area contributed by atoms with Gasteiger partial charge in [-0.25, -0.2) is 4.79 Å². The molecule has 0 fully saturated rings. The summed E-state index contributed by atoms with van der Waals surface area (Å²) in [4.78, 5) is 26.1. The molecule has 0 saturated heterocycles. The Morgan fingerprint density at radius 1 is 1.09 bits per heavy atom. The van der Waals surface area contributed by atoms with Crippen LogP contribution in [0.25, 0.3) is 6.08 Å². The Bertz CT molecular complexity index is 1160. The molecule has 1 aliphatic rings. The number of carbonyl (C=O) groups is 2. The number of anilines is 1. The lowest BCUT2D eigenvalue weighted by molar-refractivity contribution is -0.139. The van der Waals surface area contributed by atoms with Gasteiger partial charge in [0.2, 0.25) is 5.78 Å². The van der Waals surface area contributed by atoms with Crippen LogP contribution in [0.4, 0.5) is 5.69 Å². The Morgan fingerprint density at radius 3 is 2.50 bits per heavy atom. The lowest BCUT2D eigenvalue weighted by Crippen LogP contribution is -2.16. The van der Waals surface area contributed by atoms with Crippen LogP contribution in [-0.4, -0.2) is 38.7 Å². The Morgan fingerprint density at radius 2 is 1.85 bits per heavy atom. The summed E-state index contributed by atoms with van der Waals surface area (Å²) in [5.74, 6) is 3.02. The third-order valence-electron chi connectivity index (χ3n) is 4.59. The first-order valence-electron chi connectivity index (χ1n) is 10.6. The van der Waals surface area contributed by atoms with E-state index in [0.717, 1.165) is 5.75 Å². The predicted molar refractivity (Wildman–Crippen MR) is 133 cm³/mol. The molecule has 176 valence electrons. The Kier molecular flexibility index (Phi) is 8.66. The van der Waals surface area contributed by atoms with E-state index in [1.165, 1.54) is 18.9 Å². The van der Waals surface area contributed by atoms with Gasteiger partial charge in [0.15, 0.2) is 11.5 Å². The zero-order valence-corrected chi connectivity index (χ0v) is 20.0. The van der Waals surface area contributed by atoms with E-state index in [1.54, 1.807) is 31.2 Å². The number of hydrogen-bond acceptors (Lipinski definition) is 8. The molecule has 8 heteroatoms.